The van der Waals surface area contributed by atoms with Crippen LogP contribution in [0.15, 0.2) is 30.3 Å². The highest BCUT2D eigenvalue weighted by molar-refractivity contribution is 6.30. The number of carbonyl (C=O) groups is 2. The third kappa shape index (κ3) is 4.50. The lowest BCUT2D eigenvalue weighted by atomic mass is 9.95. The van der Waals surface area contributed by atoms with Gasteiger partial charge in [-0.15, -0.1) is 0 Å². The fraction of sp³-hybridized carbons (Fsp3) is 0.450. The van der Waals surface area contributed by atoms with E-state index in [0.717, 1.165) is 31.2 Å². The van der Waals surface area contributed by atoms with Gasteiger partial charge in [0.1, 0.15) is 5.69 Å². The summed E-state index contributed by atoms with van der Waals surface area (Å²) < 4.78 is 1.61. The molecule has 27 heavy (non-hydrogen) atoms. The maximum Gasteiger partial charge on any atom is 0.271 e. The molecule has 3 rings (SSSR count). The summed E-state index contributed by atoms with van der Waals surface area (Å²) in [4.78, 5) is 25.0. The summed E-state index contributed by atoms with van der Waals surface area (Å²) in [7, 11) is 1.55. The summed E-state index contributed by atoms with van der Waals surface area (Å²) in [6.07, 6.45) is 5.47. The number of carbonyl (C=O) groups excluding carboxylic acids is 2. The number of amides is 2. The first-order valence-corrected chi connectivity index (χ1v) is 9.75. The van der Waals surface area contributed by atoms with E-state index in [1.807, 2.05) is 25.1 Å². The lowest BCUT2D eigenvalue weighted by Gasteiger charge is -2.23. The van der Waals surface area contributed by atoms with Gasteiger partial charge >= 0.3 is 0 Å². The summed E-state index contributed by atoms with van der Waals surface area (Å²) in [5, 5.41) is 10.7. The first-order valence-electron chi connectivity index (χ1n) is 9.37. The van der Waals surface area contributed by atoms with Crippen molar-refractivity contribution in [3.63, 3.8) is 0 Å². The summed E-state index contributed by atoms with van der Waals surface area (Å²) in [6.45, 7) is 1.93. The van der Waals surface area contributed by atoms with Gasteiger partial charge in [-0.2, -0.15) is 5.10 Å². The van der Waals surface area contributed by atoms with Crippen LogP contribution in [0, 0.1) is 0 Å². The van der Waals surface area contributed by atoms with Crippen LogP contribution in [0.3, 0.4) is 0 Å². The number of benzene rings is 1. The van der Waals surface area contributed by atoms with Gasteiger partial charge in [0.15, 0.2) is 5.69 Å². The van der Waals surface area contributed by atoms with Gasteiger partial charge in [-0.1, -0.05) is 43.0 Å². The molecule has 1 unspecified atom stereocenters. The van der Waals surface area contributed by atoms with Crippen LogP contribution in [0.2, 0.25) is 5.02 Å². The van der Waals surface area contributed by atoms with E-state index in [1.165, 1.54) is 6.42 Å². The Labute approximate surface area is 164 Å². The molecule has 0 spiro atoms. The van der Waals surface area contributed by atoms with Crippen LogP contribution in [0.1, 0.15) is 71.6 Å². The minimum Gasteiger partial charge on any atom is -0.354 e. The van der Waals surface area contributed by atoms with E-state index in [-0.39, 0.29) is 29.6 Å². The van der Waals surface area contributed by atoms with E-state index in [2.05, 4.69) is 15.7 Å². The van der Waals surface area contributed by atoms with Crippen molar-refractivity contribution in [1.82, 2.24) is 20.4 Å². The molecular weight excluding hydrogens is 364 g/mol. The number of hydrogen-bond acceptors (Lipinski definition) is 3. The van der Waals surface area contributed by atoms with Crippen LogP contribution in [0.25, 0.3) is 0 Å². The van der Waals surface area contributed by atoms with Crippen LogP contribution < -0.4 is 10.6 Å². The number of hydrogen-bond donors (Lipinski definition) is 2. The SMILES string of the molecule is CNC(=O)c1cc(C(=O)NC2CCCCC2)n(C(C)c2cccc(Cl)c2)n1. The van der Waals surface area contributed by atoms with Crippen LogP contribution in [-0.4, -0.2) is 34.7 Å². The average Bonchev–Trinajstić information content (AvgIpc) is 3.13. The molecule has 1 aliphatic carbocycles. The normalized spacial score (nSPS) is 16.0. The fourth-order valence-corrected chi connectivity index (χ4v) is 3.71. The summed E-state index contributed by atoms with van der Waals surface area (Å²) in [5.74, 6) is -0.516. The highest BCUT2D eigenvalue weighted by Crippen LogP contribution is 2.24. The number of aromatic nitrogens is 2. The second-order valence-electron chi connectivity index (χ2n) is 6.98. The van der Waals surface area contributed by atoms with Crippen LogP contribution in [0.5, 0.6) is 0 Å². The molecule has 1 saturated carbocycles. The Morgan fingerprint density at radius 2 is 1.93 bits per heavy atom. The molecule has 1 atom stereocenters. The Morgan fingerprint density at radius 1 is 1.19 bits per heavy atom. The van der Waals surface area contributed by atoms with Crippen LogP contribution in [-0.2, 0) is 0 Å². The molecule has 0 bridgehead atoms. The zero-order chi connectivity index (χ0) is 19.4. The van der Waals surface area contributed by atoms with Crippen LogP contribution in [0.4, 0.5) is 0 Å². The Morgan fingerprint density at radius 3 is 2.59 bits per heavy atom. The monoisotopic (exact) mass is 388 g/mol. The average molecular weight is 389 g/mol. The summed E-state index contributed by atoms with van der Waals surface area (Å²) in [5.41, 5.74) is 1.52. The molecule has 2 N–H and O–H groups in total. The van der Waals surface area contributed by atoms with E-state index in [1.54, 1.807) is 23.9 Å². The highest BCUT2D eigenvalue weighted by atomic mass is 35.5. The first-order chi connectivity index (χ1) is 13.0. The van der Waals surface area contributed by atoms with Crippen molar-refractivity contribution in [3.8, 4) is 0 Å². The second-order valence-corrected chi connectivity index (χ2v) is 7.41. The Hall–Kier alpha value is -2.34. The zero-order valence-corrected chi connectivity index (χ0v) is 16.4. The molecule has 6 nitrogen and oxygen atoms in total. The fourth-order valence-electron chi connectivity index (χ4n) is 3.51. The summed E-state index contributed by atoms with van der Waals surface area (Å²) in [6, 6.07) is 8.93. The maximum atomic E-state index is 12.9. The second kappa shape index (κ2) is 8.57. The molecule has 2 amide bonds. The van der Waals surface area contributed by atoms with Gasteiger partial charge in [0, 0.05) is 24.2 Å². The topological polar surface area (TPSA) is 76.0 Å². The predicted molar refractivity (Wildman–Crippen MR) is 105 cm³/mol. The smallest absolute Gasteiger partial charge is 0.271 e. The Balaban J connectivity index is 1.92. The molecule has 1 aliphatic rings. The predicted octanol–water partition coefficient (Wildman–Crippen LogP) is 3.57. The van der Waals surface area contributed by atoms with E-state index in [9.17, 15) is 9.59 Å². The quantitative estimate of drug-likeness (QED) is 0.822. The van der Waals surface area contributed by atoms with Crippen molar-refractivity contribution < 1.29 is 9.59 Å². The molecular formula is C20H25ClN4O2. The minimum atomic E-state index is -0.321. The lowest BCUT2D eigenvalue weighted by Crippen LogP contribution is -2.37. The molecule has 0 saturated heterocycles. The third-order valence-corrected chi connectivity index (χ3v) is 5.30. The summed E-state index contributed by atoms with van der Waals surface area (Å²) >= 11 is 6.11. The van der Waals surface area contributed by atoms with Crippen molar-refractivity contribution in [2.75, 3.05) is 7.05 Å². The van der Waals surface area contributed by atoms with Gasteiger partial charge in [-0.05, 0) is 37.5 Å². The molecule has 1 aromatic heterocycles. The maximum absolute atomic E-state index is 12.9. The molecule has 2 aromatic rings. The van der Waals surface area contributed by atoms with E-state index in [4.69, 9.17) is 11.6 Å². The molecule has 7 heteroatoms. The van der Waals surface area contributed by atoms with Gasteiger partial charge in [-0.25, -0.2) is 0 Å². The van der Waals surface area contributed by atoms with Crippen molar-refractivity contribution in [2.45, 2.75) is 51.1 Å². The van der Waals surface area contributed by atoms with Gasteiger partial charge in [-0.3, -0.25) is 14.3 Å². The van der Waals surface area contributed by atoms with Gasteiger partial charge < -0.3 is 10.6 Å². The number of nitrogens with one attached hydrogen (secondary N) is 2. The molecule has 1 fully saturated rings. The van der Waals surface area contributed by atoms with Crippen molar-refractivity contribution >= 4 is 23.4 Å². The van der Waals surface area contributed by atoms with Gasteiger partial charge in [0.2, 0.25) is 0 Å². The minimum absolute atomic E-state index is 0.180. The molecule has 0 radical (unpaired) electrons. The van der Waals surface area contributed by atoms with Crippen molar-refractivity contribution in [2.24, 2.45) is 0 Å². The van der Waals surface area contributed by atoms with E-state index in [0.29, 0.717) is 10.7 Å². The molecule has 0 aliphatic heterocycles. The number of halogens is 1. The van der Waals surface area contributed by atoms with Crippen molar-refractivity contribution in [1.29, 1.82) is 0 Å². The van der Waals surface area contributed by atoms with E-state index < -0.39 is 0 Å². The Bertz CT molecular complexity index is 827. The molecule has 1 heterocycles. The van der Waals surface area contributed by atoms with Gasteiger partial charge in [0.05, 0.1) is 6.04 Å². The standard InChI is InChI=1S/C20H25ClN4O2/c1-13(14-7-6-8-15(21)11-14)25-18(12-17(24-25)19(26)22-2)20(27)23-16-9-4-3-5-10-16/h6-8,11-13,16H,3-5,9-10H2,1-2H3,(H,22,26)(H,23,27). The molecule has 144 valence electrons. The molecule has 1 aromatic carbocycles. The zero-order valence-electron chi connectivity index (χ0n) is 15.7. The van der Waals surface area contributed by atoms with Gasteiger partial charge in [0.25, 0.3) is 11.8 Å². The lowest BCUT2D eigenvalue weighted by molar-refractivity contribution is 0.0914. The Kier molecular flexibility index (Phi) is 6.16. The van der Waals surface area contributed by atoms with Crippen LogP contribution >= 0.6 is 11.6 Å². The number of rotatable bonds is 5. The van der Waals surface area contributed by atoms with Crippen molar-refractivity contribution in [3.05, 3.63) is 52.3 Å². The number of nitrogens with zero attached hydrogens (tertiary/aromatic N) is 2. The largest absolute Gasteiger partial charge is 0.354 e. The highest BCUT2D eigenvalue weighted by Gasteiger charge is 2.25. The van der Waals surface area contributed by atoms with E-state index >= 15 is 0 Å². The third-order valence-electron chi connectivity index (χ3n) is 5.07. The first kappa shape index (κ1) is 19.4.